The maximum atomic E-state index is 12.9. The second kappa shape index (κ2) is 4.26. The number of aromatic nitrogens is 4. The van der Waals surface area contributed by atoms with Crippen LogP contribution in [0.25, 0.3) is 0 Å². The van der Waals surface area contributed by atoms with E-state index in [0.717, 1.165) is 5.56 Å². The fourth-order valence-corrected chi connectivity index (χ4v) is 1.25. The Balaban J connectivity index is 2.07. The van der Waals surface area contributed by atoms with Crippen LogP contribution < -0.4 is 4.74 Å². The lowest BCUT2D eigenvalue weighted by Gasteiger charge is -2.06. The number of nitrogens with zero attached hydrogens (tertiary/aromatic N) is 4. The minimum Gasteiger partial charge on any atom is -0.485 e. The number of hydrogen-bond donors (Lipinski definition) is 0. The van der Waals surface area contributed by atoms with Gasteiger partial charge in [-0.25, -0.2) is 4.39 Å². The third kappa shape index (κ3) is 2.33. The van der Waals surface area contributed by atoms with Gasteiger partial charge >= 0.3 is 0 Å². The summed E-state index contributed by atoms with van der Waals surface area (Å²) in [7, 11) is 1.67. The van der Waals surface area contributed by atoms with Gasteiger partial charge in [0.2, 0.25) is 5.82 Å². The Morgan fingerprint density at radius 1 is 1.44 bits per heavy atom. The minimum absolute atomic E-state index is 0.179. The Bertz CT molecular complexity index is 497. The lowest BCUT2D eigenvalue weighted by Crippen LogP contribution is -2.00. The number of tetrazole rings is 1. The highest BCUT2D eigenvalue weighted by Gasteiger charge is 2.05. The number of rotatable bonds is 3. The summed E-state index contributed by atoms with van der Waals surface area (Å²) < 4.78 is 18.3. The van der Waals surface area contributed by atoms with Gasteiger partial charge in [0.05, 0.1) is 7.05 Å². The molecule has 0 bridgehead atoms. The fourth-order valence-electron chi connectivity index (χ4n) is 1.25. The Morgan fingerprint density at radius 2 is 2.25 bits per heavy atom. The topological polar surface area (TPSA) is 52.8 Å². The SMILES string of the molecule is Cc1ccc(F)cc1OCc1nnn(C)n1. The molecule has 0 aliphatic carbocycles. The first-order chi connectivity index (χ1) is 7.65. The maximum absolute atomic E-state index is 12.9. The Kier molecular flexibility index (Phi) is 2.80. The summed E-state index contributed by atoms with van der Waals surface area (Å²) in [4.78, 5) is 1.34. The Morgan fingerprint density at radius 3 is 2.94 bits per heavy atom. The van der Waals surface area contributed by atoms with E-state index in [1.165, 1.54) is 16.9 Å². The third-order valence-corrected chi connectivity index (χ3v) is 2.06. The molecule has 0 aliphatic heterocycles. The van der Waals surface area contributed by atoms with Crippen molar-refractivity contribution in [1.29, 1.82) is 0 Å². The molecule has 16 heavy (non-hydrogen) atoms. The van der Waals surface area contributed by atoms with E-state index in [4.69, 9.17) is 4.74 Å². The Hall–Kier alpha value is -1.98. The number of halogens is 1. The molecule has 0 fully saturated rings. The monoisotopic (exact) mass is 222 g/mol. The molecule has 1 aromatic heterocycles. The number of ether oxygens (including phenoxy) is 1. The average molecular weight is 222 g/mol. The van der Waals surface area contributed by atoms with Crippen molar-refractivity contribution >= 4 is 0 Å². The average Bonchev–Trinajstić information content (AvgIpc) is 2.66. The van der Waals surface area contributed by atoms with Gasteiger partial charge in [-0.05, 0) is 23.8 Å². The van der Waals surface area contributed by atoms with E-state index >= 15 is 0 Å². The van der Waals surface area contributed by atoms with E-state index in [0.29, 0.717) is 11.6 Å². The van der Waals surface area contributed by atoms with Crippen LogP contribution in [0.15, 0.2) is 18.2 Å². The molecule has 0 saturated heterocycles. The molecule has 2 rings (SSSR count). The summed E-state index contributed by atoms with van der Waals surface area (Å²) in [6.45, 7) is 2.02. The van der Waals surface area contributed by atoms with Crippen LogP contribution in [0, 0.1) is 12.7 Å². The van der Waals surface area contributed by atoms with Gasteiger partial charge < -0.3 is 4.74 Å². The van der Waals surface area contributed by atoms with E-state index in [1.54, 1.807) is 13.1 Å². The molecule has 0 N–H and O–H groups in total. The van der Waals surface area contributed by atoms with E-state index in [1.807, 2.05) is 6.92 Å². The first-order valence-corrected chi connectivity index (χ1v) is 4.77. The van der Waals surface area contributed by atoms with Crippen molar-refractivity contribution in [2.24, 2.45) is 7.05 Å². The molecule has 1 heterocycles. The second-order valence-corrected chi connectivity index (χ2v) is 3.39. The van der Waals surface area contributed by atoms with Gasteiger partial charge in [-0.2, -0.15) is 4.80 Å². The zero-order chi connectivity index (χ0) is 11.5. The molecule has 1 aromatic carbocycles. The molecule has 0 radical (unpaired) electrons. The van der Waals surface area contributed by atoms with Gasteiger partial charge in [0.1, 0.15) is 11.6 Å². The van der Waals surface area contributed by atoms with E-state index in [2.05, 4.69) is 15.4 Å². The largest absolute Gasteiger partial charge is 0.485 e. The predicted molar refractivity (Wildman–Crippen MR) is 54.3 cm³/mol. The van der Waals surface area contributed by atoms with Gasteiger partial charge in [-0.3, -0.25) is 0 Å². The summed E-state index contributed by atoms with van der Waals surface area (Å²) in [5.74, 6) is 0.631. The number of benzene rings is 1. The summed E-state index contributed by atoms with van der Waals surface area (Å²) in [5.41, 5.74) is 0.866. The van der Waals surface area contributed by atoms with Crippen molar-refractivity contribution in [3.63, 3.8) is 0 Å². The van der Waals surface area contributed by atoms with Crippen molar-refractivity contribution in [2.45, 2.75) is 13.5 Å². The first kappa shape index (κ1) is 10.5. The summed E-state index contributed by atoms with van der Waals surface area (Å²) in [5, 5.41) is 11.4. The molecule has 2 aromatic rings. The van der Waals surface area contributed by atoms with Gasteiger partial charge in [-0.1, -0.05) is 6.07 Å². The molecule has 0 atom stereocenters. The molecule has 0 spiro atoms. The highest BCUT2D eigenvalue weighted by Crippen LogP contribution is 2.19. The van der Waals surface area contributed by atoms with Crippen LogP contribution in [-0.4, -0.2) is 20.2 Å². The summed E-state index contributed by atoms with van der Waals surface area (Å²) >= 11 is 0. The predicted octanol–water partition coefficient (Wildman–Crippen LogP) is 1.24. The zero-order valence-electron chi connectivity index (χ0n) is 9.01. The maximum Gasteiger partial charge on any atom is 0.212 e. The molecule has 5 nitrogen and oxygen atoms in total. The highest BCUT2D eigenvalue weighted by molar-refractivity contribution is 5.32. The molecular weight excluding hydrogens is 211 g/mol. The highest BCUT2D eigenvalue weighted by atomic mass is 19.1. The van der Waals surface area contributed by atoms with Crippen molar-refractivity contribution in [1.82, 2.24) is 20.2 Å². The fraction of sp³-hybridized carbons (Fsp3) is 0.300. The van der Waals surface area contributed by atoms with Crippen molar-refractivity contribution in [3.05, 3.63) is 35.4 Å². The summed E-state index contributed by atoms with van der Waals surface area (Å²) in [6, 6.07) is 4.39. The summed E-state index contributed by atoms with van der Waals surface area (Å²) in [6.07, 6.45) is 0. The molecule has 6 heteroatoms. The number of hydrogen-bond acceptors (Lipinski definition) is 4. The number of aryl methyl sites for hydroxylation is 2. The van der Waals surface area contributed by atoms with Crippen LogP contribution >= 0.6 is 0 Å². The van der Waals surface area contributed by atoms with Crippen LogP contribution in [0.1, 0.15) is 11.4 Å². The lowest BCUT2D eigenvalue weighted by atomic mass is 10.2. The van der Waals surface area contributed by atoms with Gasteiger partial charge in [0.15, 0.2) is 6.61 Å². The molecular formula is C10H11FN4O. The molecule has 0 saturated carbocycles. The van der Waals surface area contributed by atoms with Gasteiger partial charge in [0, 0.05) is 6.07 Å². The molecule has 0 unspecified atom stereocenters. The van der Waals surface area contributed by atoms with Crippen molar-refractivity contribution in [2.75, 3.05) is 0 Å². The lowest BCUT2D eigenvalue weighted by molar-refractivity contribution is 0.292. The standard InChI is InChI=1S/C10H11FN4O/c1-7-3-4-8(11)5-9(7)16-6-10-12-14-15(2)13-10/h3-5H,6H2,1-2H3. The van der Waals surface area contributed by atoms with E-state index in [9.17, 15) is 4.39 Å². The van der Waals surface area contributed by atoms with E-state index in [-0.39, 0.29) is 12.4 Å². The minimum atomic E-state index is -0.326. The first-order valence-electron chi connectivity index (χ1n) is 4.77. The van der Waals surface area contributed by atoms with E-state index < -0.39 is 0 Å². The van der Waals surface area contributed by atoms with Crippen molar-refractivity contribution in [3.8, 4) is 5.75 Å². The van der Waals surface area contributed by atoms with Crippen LogP contribution in [0.4, 0.5) is 4.39 Å². The quantitative estimate of drug-likeness (QED) is 0.784. The van der Waals surface area contributed by atoms with Crippen LogP contribution in [0.5, 0.6) is 5.75 Å². The molecule has 84 valence electrons. The second-order valence-electron chi connectivity index (χ2n) is 3.39. The molecule has 0 amide bonds. The normalized spacial score (nSPS) is 10.4. The van der Waals surface area contributed by atoms with Crippen molar-refractivity contribution < 1.29 is 9.13 Å². The molecule has 0 aliphatic rings. The zero-order valence-corrected chi connectivity index (χ0v) is 9.01. The van der Waals surface area contributed by atoms with Gasteiger partial charge in [-0.15, -0.1) is 10.2 Å². The Labute approximate surface area is 91.8 Å². The smallest absolute Gasteiger partial charge is 0.212 e. The van der Waals surface area contributed by atoms with Gasteiger partial charge in [0.25, 0.3) is 0 Å². The van der Waals surface area contributed by atoms with Crippen LogP contribution in [0.3, 0.4) is 0 Å². The van der Waals surface area contributed by atoms with Crippen LogP contribution in [-0.2, 0) is 13.7 Å². The van der Waals surface area contributed by atoms with Crippen LogP contribution in [0.2, 0.25) is 0 Å². The third-order valence-electron chi connectivity index (χ3n) is 2.06.